The van der Waals surface area contributed by atoms with Crippen LogP contribution in [0.3, 0.4) is 0 Å². The van der Waals surface area contributed by atoms with Crippen molar-refractivity contribution in [2.24, 2.45) is 0 Å². The minimum absolute atomic E-state index is 0.0201. The number of amides is 2. The molecule has 1 saturated heterocycles. The van der Waals surface area contributed by atoms with Crippen molar-refractivity contribution in [3.8, 4) is 0 Å². The summed E-state index contributed by atoms with van der Waals surface area (Å²) < 4.78 is 2.92. The third-order valence-electron chi connectivity index (χ3n) is 5.09. The molecule has 1 aromatic heterocycles. The number of fused-ring (bicyclic) bond motifs is 1. The second-order valence-corrected chi connectivity index (χ2v) is 7.93. The summed E-state index contributed by atoms with van der Waals surface area (Å²) in [5.74, 6) is 0.0212. The van der Waals surface area contributed by atoms with Gasteiger partial charge in [-0.3, -0.25) is 14.3 Å². The monoisotopic (exact) mass is 464 g/mol. The SMILES string of the molecule is O=C(c1cc2n(n1)CCCC2)N1CCN(C(=O)c2ccccc2I)CC1. The lowest BCUT2D eigenvalue weighted by Crippen LogP contribution is -2.50. The van der Waals surface area contributed by atoms with Crippen molar-refractivity contribution in [3.63, 3.8) is 0 Å². The summed E-state index contributed by atoms with van der Waals surface area (Å²) in [6, 6.07) is 9.55. The topological polar surface area (TPSA) is 58.4 Å². The van der Waals surface area contributed by atoms with E-state index in [1.54, 1.807) is 0 Å². The lowest BCUT2D eigenvalue weighted by Gasteiger charge is -2.34. The predicted octanol–water partition coefficient (Wildman–Crippen LogP) is 2.42. The number of aromatic nitrogens is 2. The highest BCUT2D eigenvalue weighted by Crippen LogP contribution is 2.18. The fraction of sp³-hybridized carbons (Fsp3) is 0.421. The second kappa shape index (κ2) is 7.38. The van der Waals surface area contributed by atoms with Crippen molar-refractivity contribution >= 4 is 34.4 Å². The largest absolute Gasteiger partial charge is 0.335 e. The number of carbonyl (C=O) groups is 2. The molecule has 0 unspecified atom stereocenters. The predicted molar refractivity (Wildman–Crippen MR) is 106 cm³/mol. The Balaban J connectivity index is 1.40. The van der Waals surface area contributed by atoms with Gasteiger partial charge in [0.15, 0.2) is 5.69 Å². The molecule has 0 radical (unpaired) electrons. The van der Waals surface area contributed by atoms with Crippen LogP contribution in [0.4, 0.5) is 0 Å². The van der Waals surface area contributed by atoms with Crippen molar-refractivity contribution in [2.45, 2.75) is 25.8 Å². The van der Waals surface area contributed by atoms with E-state index in [4.69, 9.17) is 0 Å². The van der Waals surface area contributed by atoms with Gasteiger partial charge < -0.3 is 9.80 Å². The molecule has 2 aliphatic rings. The maximum absolute atomic E-state index is 12.8. The number of hydrogen-bond donors (Lipinski definition) is 0. The summed E-state index contributed by atoms with van der Waals surface area (Å²) in [4.78, 5) is 29.1. The normalized spacial score (nSPS) is 17.1. The number of benzene rings is 1. The van der Waals surface area contributed by atoms with E-state index in [2.05, 4.69) is 27.7 Å². The van der Waals surface area contributed by atoms with Crippen molar-refractivity contribution in [1.82, 2.24) is 19.6 Å². The van der Waals surface area contributed by atoms with Gasteiger partial charge in [0, 0.05) is 42.0 Å². The molecule has 136 valence electrons. The third-order valence-corrected chi connectivity index (χ3v) is 6.03. The van der Waals surface area contributed by atoms with Crippen molar-refractivity contribution in [3.05, 3.63) is 50.9 Å². The standard InChI is InChI=1S/C19H21IN4O2/c20-16-7-2-1-6-15(16)18(25)22-9-11-23(12-10-22)19(26)17-13-14-5-3-4-8-24(14)21-17/h1-2,6-7,13H,3-5,8-12H2. The molecule has 4 rings (SSSR count). The van der Waals surface area contributed by atoms with Gasteiger partial charge in [-0.25, -0.2) is 0 Å². The molecular formula is C19H21IN4O2. The van der Waals surface area contributed by atoms with E-state index in [1.807, 2.05) is 44.8 Å². The number of hydrogen-bond acceptors (Lipinski definition) is 3. The summed E-state index contributed by atoms with van der Waals surface area (Å²) in [6.07, 6.45) is 3.29. The Morgan fingerprint density at radius 3 is 2.31 bits per heavy atom. The van der Waals surface area contributed by atoms with E-state index in [-0.39, 0.29) is 11.8 Å². The average molecular weight is 464 g/mol. The first-order valence-corrected chi connectivity index (χ1v) is 10.1. The Hall–Kier alpha value is -1.90. The summed E-state index contributed by atoms with van der Waals surface area (Å²) >= 11 is 2.19. The molecule has 2 aliphatic heterocycles. The summed E-state index contributed by atoms with van der Waals surface area (Å²) in [5, 5.41) is 4.48. The van der Waals surface area contributed by atoms with Crippen LogP contribution in [0.15, 0.2) is 30.3 Å². The van der Waals surface area contributed by atoms with Crippen LogP contribution in [0.1, 0.15) is 39.4 Å². The molecule has 0 atom stereocenters. The van der Waals surface area contributed by atoms with E-state index in [0.717, 1.165) is 34.2 Å². The molecule has 26 heavy (non-hydrogen) atoms. The highest BCUT2D eigenvalue weighted by Gasteiger charge is 2.28. The van der Waals surface area contributed by atoms with E-state index in [9.17, 15) is 9.59 Å². The molecule has 1 aromatic carbocycles. The van der Waals surface area contributed by atoms with Gasteiger partial charge in [-0.2, -0.15) is 5.10 Å². The van der Waals surface area contributed by atoms with Crippen LogP contribution < -0.4 is 0 Å². The summed E-state index contributed by atoms with van der Waals surface area (Å²) in [6.45, 7) is 3.12. The maximum Gasteiger partial charge on any atom is 0.274 e. The highest BCUT2D eigenvalue weighted by molar-refractivity contribution is 14.1. The number of rotatable bonds is 2. The molecule has 0 bridgehead atoms. The molecule has 6 nitrogen and oxygen atoms in total. The smallest absolute Gasteiger partial charge is 0.274 e. The Morgan fingerprint density at radius 1 is 0.923 bits per heavy atom. The lowest BCUT2D eigenvalue weighted by atomic mass is 10.1. The van der Waals surface area contributed by atoms with Gasteiger partial charge in [-0.15, -0.1) is 0 Å². The highest BCUT2D eigenvalue weighted by atomic mass is 127. The zero-order valence-electron chi connectivity index (χ0n) is 14.5. The van der Waals surface area contributed by atoms with Gasteiger partial charge >= 0.3 is 0 Å². The van der Waals surface area contributed by atoms with Gasteiger partial charge in [0.1, 0.15) is 0 Å². The quantitative estimate of drug-likeness (QED) is 0.642. The van der Waals surface area contributed by atoms with Crippen LogP contribution in [0, 0.1) is 3.57 Å². The molecule has 0 spiro atoms. The lowest BCUT2D eigenvalue weighted by molar-refractivity contribution is 0.0531. The van der Waals surface area contributed by atoms with Gasteiger partial charge in [-0.05, 0) is 60.1 Å². The van der Waals surface area contributed by atoms with Crippen LogP contribution in [0.25, 0.3) is 0 Å². The molecule has 2 amide bonds. The summed E-state index contributed by atoms with van der Waals surface area (Å²) in [7, 11) is 0. The van der Waals surface area contributed by atoms with Crippen LogP contribution in [0.5, 0.6) is 0 Å². The number of halogens is 1. The zero-order chi connectivity index (χ0) is 18.1. The van der Waals surface area contributed by atoms with E-state index >= 15 is 0 Å². The van der Waals surface area contributed by atoms with Gasteiger partial charge in [0.25, 0.3) is 11.8 Å². The van der Waals surface area contributed by atoms with Crippen molar-refractivity contribution in [1.29, 1.82) is 0 Å². The average Bonchev–Trinajstić information content (AvgIpc) is 3.11. The first kappa shape index (κ1) is 17.5. The zero-order valence-corrected chi connectivity index (χ0v) is 16.7. The van der Waals surface area contributed by atoms with E-state index in [1.165, 1.54) is 6.42 Å². The molecule has 3 heterocycles. The molecule has 1 fully saturated rings. The molecule has 0 N–H and O–H groups in total. The van der Waals surface area contributed by atoms with Crippen LogP contribution in [-0.4, -0.2) is 57.6 Å². The molecule has 2 aromatic rings. The van der Waals surface area contributed by atoms with Crippen molar-refractivity contribution < 1.29 is 9.59 Å². The number of aryl methyl sites for hydroxylation is 2. The molecule has 0 saturated carbocycles. The minimum atomic E-state index is -0.0201. The fourth-order valence-electron chi connectivity index (χ4n) is 3.60. The van der Waals surface area contributed by atoms with E-state index < -0.39 is 0 Å². The maximum atomic E-state index is 12.8. The third kappa shape index (κ3) is 3.36. The van der Waals surface area contributed by atoms with Gasteiger partial charge in [0.05, 0.1) is 5.56 Å². The van der Waals surface area contributed by atoms with Crippen molar-refractivity contribution in [2.75, 3.05) is 26.2 Å². The Morgan fingerprint density at radius 2 is 1.62 bits per heavy atom. The minimum Gasteiger partial charge on any atom is -0.335 e. The first-order chi connectivity index (χ1) is 12.6. The van der Waals surface area contributed by atoms with Crippen LogP contribution in [0.2, 0.25) is 0 Å². The number of piperazine rings is 1. The number of carbonyl (C=O) groups excluding carboxylic acids is 2. The molecular weight excluding hydrogens is 443 g/mol. The summed E-state index contributed by atoms with van der Waals surface area (Å²) in [5.41, 5.74) is 2.43. The van der Waals surface area contributed by atoms with E-state index in [0.29, 0.717) is 31.9 Å². The van der Waals surface area contributed by atoms with Crippen LogP contribution >= 0.6 is 22.6 Å². The molecule has 7 heteroatoms. The Labute approximate surface area is 166 Å². The fourth-order valence-corrected chi connectivity index (χ4v) is 4.22. The Kier molecular flexibility index (Phi) is 4.97. The second-order valence-electron chi connectivity index (χ2n) is 6.77. The van der Waals surface area contributed by atoms with Gasteiger partial charge in [0.2, 0.25) is 0 Å². The number of nitrogens with zero attached hydrogens (tertiary/aromatic N) is 4. The first-order valence-electron chi connectivity index (χ1n) is 9.03. The Bertz CT molecular complexity index is 816. The molecule has 0 aliphatic carbocycles. The van der Waals surface area contributed by atoms with Crippen LogP contribution in [-0.2, 0) is 13.0 Å². The van der Waals surface area contributed by atoms with Gasteiger partial charge in [-0.1, -0.05) is 12.1 Å².